The minimum Gasteiger partial charge on any atom is -0.462 e. The zero-order valence-electron chi connectivity index (χ0n) is 21.3. The monoisotopic (exact) mass is 565 g/mol. The third-order valence-electron chi connectivity index (χ3n) is 6.29. The number of nitro groups is 1. The Morgan fingerprint density at radius 3 is 2.35 bits per heavy atom. The van der Waals surface area contributed by atoms with Crippen LogP contribution in [0.15, 0.2) is 46.9 Å². The molecule has 0 spiro atoms. The molecule has 17 nitrogen and oxygen atoms in total. The maximum absolute atomic E-state index is 13.6. The highest BCUT2D eigenvalue weighted by molar-refractivity contribution is 6.00. The first-order valence-corrected chi connectivity index (χ1v) is 12.2. The molecule has 0 bridgehead atoms. The van der Waals surface area contributed by atoms with Crippen molar-refractivity contribution in [3.05, 3.63) is 82.8 Å². The van der Waals surface area contributed by atoms with Crippen LogP contribution in [0.3, 0.4) is 0 Å². The SMILES string of the molecule is CC1=C(C(=O)OC2CCCCC2O[N+](=O)[O-])C(c2cccc([N+](=O)[O-])c2)C(C(=O)OCCCO[N+](=O)[O-])=C(N)N1. The molecule has 40 heavy (non-hydrogen) atoms. The first-order valence-electron chi connectivity index (χ1n) is 12.2. The molecule has 1 aliphatic carbocycles. The molecule has 3 atom stereocenters. The summed E-state index contributed by atoms with van der Waals surface area (Å²) in [6.07, 6.45) is -0.138. The lowest BCUT2D eigenvalue weighted by atomic mass is 9.81. The van der Waals surface area contributed by atoms with Gasteiger partial charge in [0, 0.05) is 24.3 Å². The molecule has 1 aliphatic heterocycles. The fraction of sp³-hybridized carbons (Fsp3) is 0.478. The van der Waals surface area contributed by atoms with E-state index in [-0.39, 0.29) is 60.0 Å². The van der Waals surface area contributed by atoms with Gasteiger partial charge in [0.2, 0.25) is 0 Å². The molecule has 17 heteroatoms. The van der Waals surface area contributed by atoms with E-state index < -0.39 is 45.2 Å². The summed E-state index contributed by atoms with van der Waals surface area (Å²) in [6.45, 7) is 0.846. The van der Waals surface area contributed by atoms with Crippen LogP contribution in [0.2, 0.25) is 0 Å². The lowest BCUT2D eigenvalue weighted by Crippen LogP contribution is -2.40. The molecular weight excluding hydrogens is 538 g/mol. The number of hydrogen-bond donors (Lipinski definition) is 2. The standard InChI is InChI=1S/C23H27N5O12/c1-13-18(23(30)39-16-8-2-3-9-17(16)40-28(35)36)19(14-6-4-7-15(12-14)26(31)32)20(21(24)25-13)22(29)37-10-5-11-38-27(33)34/h4,6-7,12,16-17,19,25H,2-3,5,8-11,24H2,1H3. The van der Waals surface area contributed by atoms with E-state index in [9.17, 15) is 39.9 Å². The Labute approximate surface area is 226 Å². The first kappa shape index (κ1) is 29.6. The summed E-state index contributed by atoms with van der Waals surface area (Å²) in [5.74, 6) is -3.41. The Bertz CT molecular complexity index is 1250. The summed E-state index contributed by atoms with van der Waals surface area (Å²) in [4.78, 5) is 67.7. The van der Waals surface area contributed by atoms with Crippen LogP contribution in [0.5, 0.6) is 0 Å². The average Bonchev–Trinajstić information content (AvgIpc) is 2.88. The smallest absolute Gasteiger partial charge is 0.338 e. The van der Waals surface area contributed by atoms with Crippen LogP contribution in [0.4, 0.5) is 5.69 Å². The summed E-state index contributed by atoms with van der Waals surface area (Å²) in [6, 6.07) is 5.21. The van der Waals surface area contributed by atoms with Crippen molar-refractivity contribution in [2.45, 2.75) is 57.2 Å². The van der Waals surface area contributed by atoms with Crippen LogP contribution in [0, 0.1) is 30.3 Å². The Morgan fingerprint density at radius 2 is 1.70 bits per heavy atom. The zero-order valence-corrected chi connectivity index (χ0v) is 21.3. The fourth-order valence-corrected chi connectivity index (χ4v) is 4.57. The zero-order chi connectivity index (χ0) is 29.4. The van der Waals surface area contributed by atoms with Gasteiger partial charge in [-0.2, -0.15) is 0 Å². The van der Waals surface area contributed by atoms with Crippen molar-refractivity contribution >= 4 is 17.6 Å². The van der Waals surface area contributed by atoms with Gasteiger partial charge in [0.25, 0.3) is 15.9 Å². The second-order valence-electron chi connectivity index (χ2n) is 8.92. The second kappa shape index (κ2) is 13.2. The summed E-state index contributed by atoms with van der Waals surface area (Å²) >= 11 is 0. The van der Waals surface area contributed by atoms with Gasteiger partial charge in [0.15, 0.2) is 0 Å². The van der Waals surface area contributed by atoms with Crippen molar-refractivity contribution in [3.8, 4) is 0 Å². The molecule has 0 radical (unpaired) electrons. The summed E-state index contributed by atoms with van der Waals surface area (Å²) in [5.41, 5.74) is 5.76. The molecule has 3 unspecified atom stereocenters. The molecule has 0 saturated heterocycles. The third-order valence-corrected chi connectivity index (χ3v) is 6.29. The van der Waals surface area contributed by atoms with Gasteiger partial charge in [0.05, 0.1) is 35.2 Å². The molecule has 1 fully saturated rings. The van der Waals surface area contributed by atoms with Gasteiger partial charge < -0.3 is 30.2 Å². The van der Waals surface area contributed by atoms with E-state index in [0.717, 1.165) is 0 Å². The van der Waals surface area contributed by atoms with Crippen LogP contribution in [-0.2, 0) is 28.7 Å². The molecule has 1 heterocycles. The number of nitrogens with two attached hydrogens (primary N) is 1. The van der Waals surface area contributed by atoms with E-state index in [1.807, 2.05) is 0 Å². The van der Waals surface area contributed by atoms with Crippen molar-refractivity contribution in [2.24, 2.45) is 5.73 Å². The van der Waals surface area contributed by atoms with Crippen LogP contribution in [0.25, 0.3) is 0 Å². The number of non-ortho nitro benzene ring substituents is 1. The predicted molar refractivity (Wildman–Crippen MR) is 132 cm³/mol. The predicted octanol–water partition coefficient (Wildman–Crippen LogP) is 1.93. The Balaban J connectivity index is 1.95. The molecule has 1 aromatic carbocycles. The molecule has 1 aromatic rings. The lowest BCUT2D eigenvalue weighted by Gasteiger charge is -2.33. The van der Waals surface area contributed by atoms with Crippen molar-refractivity contribution < 1.29 is 43.8 Å². The summed E-state index contributed by atoms with van der Waals surface area (Å²) < 4.78 is 10.9. The molecular formula is C23H27N5O12. The Kier molecular flexibility index (Phi) is 9.77. The highest BCUT2D eigenvalue weighted by Crippen LogP contribution is 2.40. The molecule has 2 aliphatic rings. The van der Waals surface area contributed by atoms with Crippen LogP contribution in [-0.4, -0.2) is 52.5 Å². The number of hydrogen-bond acceptors (Lipinski definition) is 14. The van der Waals surface area contributed by atoms with Crippen molar-refractivity contribution in [1.82, 2.24) is 5.32 Å². The molecule has 1 saturated carbocycles. The molecule has 3 rings (SSSR count). The van der Waals surface area contributed by atoms with E-state index in [2.05, 4.69) is 10.2 Å². The minimum absolute atomic E-state index is 0.0297. The van der Waals surface area contributed by atoms with Crippen LogP contribution < -0.4 is 11.1 Å². The number of carbonyl (C=O) groups is 2. The van der Waals surface area contributed by atoms with E-state index >= 15 is 0 Å². The molecule has 216 valence electrons. The van der Waals surface area contributed by atoms with Crippen molar-refractivity contribution in [2.75, 3.05) is 13.2 Å². The van der Waals surface area contributed by atoms with Gasteiger partial charge in [-0.3, -0.25) is 10.1 Å². The van der Waals surface area contributed by atoms with Crippen molar-refractivity contribution in [3.63, 3.8) is 0 Å². The first-order chi connectivity index (χ1) is 19.0. The van der Waals surface area contributed by atoms with E-state index in [1.165, 1.54) is 31.2 Å². The Morgan fingerprint density at radius 1 is 1.00 bits per heavy atom. The number of nitrogens with one attached hydrogen (secondary N) is 1. The molecule has 0 aromatic heterocycles. The normalized spacial score (nSPS) is 20.7. The highest BCUT2D eigenvalue weighted by Gasteiger charge is 2.41. The fourth-order valence-electron chi connectivity index (χ4n) is 4.57. The van der Waals surface area contributed by atoms with Gasteiger partial charge in [-0.15, -0.1) is 20.2 Å². The van der Waals surface area contributed by atoms with Crippen LogP contribution in [0.1, 0.15) is 50.5 Å². The highest BCUT2D eigenvalue weighted by atomic mass is 17.0. The number of esters is 2. The van der Waals surface area contributed by atoms with Crippen molar-refractivity contribution in [1.29, 1.82) is 0 Å². The van der Waals surface area contributed by atoms with E-state index in [4.69, 9.17) is 20.0 Å². The summed E-state index contributed by atoms with van der Waals surface area (Å²) in [7, 11) is 0. The number of dihydropyridines is 1. The molecule has 0 amide bonds. The lowest BCUT2D eigenvalue weighted by molar-refractivity contribution is -0.771. The van der Waals surface area contributed by atoms with Gasteiger partial charge in [-0.1, -0.05) is 18.6 Å². The number of nitrogens with zero attached hydrogens (tertiary/aromatic N) is 3. The number of nitro benzene ring substituents is 1. The minimum atomic E-state index is -1.28. The van der Waals surface area contributed by atoms with Gasteiger partial charge in [-0.05, 0) is 31.7 Å². The Hall–Kier alpha value is -4.96. The summed E-state index contributed by atoms with van der Waals surface area (Å²) in [5, 5.41) is 33.5. The number of rotatable bonds is 12. The van der Waals surface area contributed by atoms with Gasteiger partial charge in [-0.25, -0.2) is 9.59 Å². The number of allylic oxidation sites excluding steroid dienone is 1. The third kappa shape index (κ3) is 7.33. The van der Waals surface area contributed by atoms with E-state index in [1.54, 1.807) is 0 Å². The van der Waals surface area contributed by atoms with Gasteiger partial charge in [0.1, 0.15) is 18.0 Å². The topological polar surface area (TPSA) is 239 Å². The average molecular weight is 565 g/mol. The number of carbonyl (C=O) groups excluding carboxylic acids is 2. The second-order valence-corrected chi connectivity index (χ2v) is 8.92. The quantitative estimate of drug-likeness (QED) is 0.159. The number of ether oxygens (including phenoxy) is 2. The largest absolute Gasteiger partial charge is 0.462 e. The van der Waals surface area contributed by atoms with Crippen LogP contribution >= 0.6 is 0 Å². The maximum atomic E-state index is 13.6. The van der Waals surface area contributed by atoms with Gasteiger partial charge >= 0.3 is 11.9 Å². The molecule has 3 N–H and O–H groups in total. The maximum Gasteiger partial charge on any atom is 0.338 e. The van der Waals surface area contributed by atoms with E-state index in [0.29, 0.717) is 19.3 Å². The number of benzene rings is 1.